The summed E-state index contributed by atoms with van der Waals surface area (Å²) in [6, 6.07) is 3.91. The van der Waals surface area contributed by atoms with Crippen LogP contribution in [0.2, 0.25) is 0 Å². The topological polar surface area (TPSA) is 52.6 Å². The second-order valence-electron chi connectivity index (χ2n) is 9.45. The number of ether oxygens (including phenoxy) is 2. The number of aryl methyl sites for hydroxylation is 2. The van der Waals surface area contributed by atoms with Gasteiger partial charge >= 0.3 is 11.9 Å². The van der Waals surface area contributed by atoms with Crippen LogP contribution in [0, 0.1) is 0 Å². The molecule has 0 saturated heterocycles. The van der Waals surface area contributed by atoms with Crippen molar-refractivity contribution in [3.05, 3.63) is 34.4 Å². The van der Waals surface area contributed by atoms with Crippen LogP contribution in [0.5, 0.6) is 0 Å². The lowest BCUT2D eigenvalue weighted by molar-refractivity contribution is 0.00175. The third-order valence-electron chi connectivity index (χ3n) is 4.41. The maximum absolute atomic E-state index is 13.0. The molecule has 150 valence electrons. The Morgan fingerprint density at radius 1 is 0.741 bits per heavy atom. The maximum Gasteiger partial charge on any atom is 0.339 e. The van der Waals surface area contributed by atoms with Gasteiger partial charge in [-0.3, -0.25) is 0 Å². The fraction of sp³-hybridized carbons (Fsp3) is 0.652. The van der Waals surface area contributed by atoms with E-state index in [1.165, 1.54) is 12.8 Å². The summed E-state index contributed by atoms with van der Waals surface area (Å²) >= 11 is 0. The molecule has 2 bridgehead atoms. The van der Waals surface area contributed by atoms with E-state index in [4.69, 9.17) is 9.47 Å². The molecule has 0 aliphatic heterocycles. The molecule has 4 heteroatoms. The number of hydrogen-bond acceptors (Lipinski definition) is 4. The van der Waals surface area contributed by atoms with E-state index in [9.17, 15) is 9.59 Å². The fourth-order valence-electron chi connectivity index (χ4n) is 3.35. The number of hydrogen-bond donors (Lipinski definition) is 0. The van der Waals surface area contributed by atoms with Gasteiger partial charge in [0.25, 0.3) is 0 Å². The fourth-order valence-corrected chi connectivity index (χ4v) is 3.35. The van der Waals surface area contributed by atoms with Crippen molar-refractivity contribution in [2.45, 2.75) is 97.7 Å². The number of carbonyl (C=O) groups is 2. The largest absolute Gasteiger partial charge is 0.456 e. The van der Waals surface area contributed by atoms with Crippen LogP contribution < -0.4 is 0 Å². The van der Waals surface area contributed by atoms with Crippen molar-refractivity contribution in [2.75, 3.05) is 0 Å². The lowest BCUT2D eigenvalue weighted by Gasteiger charge is -2.24. The number of carbonyl (C=O) groups excluding carboxylic acids is 2. The summed E-state index contributed by atoms with van der Waals surface area (Å²) in [6.45, 7) is 11.0. The molecule has 0 amide bonds. The summed E-state index contributed by atoms with van der Waals surface area (Å²) in [7, 11) is 0. The quantitative estimate of drug-likeness (QED) is 0.628. The van der Waals surface area contributed by atoms with Crippen molar-refractivity contribution in [3.63, 3.8) is 0 Å². The van der Waals surface area contributed by atoms with Crippen LogP contribution in [-0.4, -0.2) is 23.1 Å². The second-order valence-corrected chi connectivity index (χ2v) is 9.45. The van der Waals surface area contributed by atoms with Crippen LogP contribution in [0.25, 0.3) is 0 Å². The average Bonchev–Trinajstić information content (AvgIpc) is 2.50. The number of esters is 2. The van der Waals surface area contributed by atoms with Crippen LogP contribution in [0.1, 0.15) is 105 Å². The molecule has 1 aromatic carbocycles. The minimum atomic E-state index is -0.621. The molecular formula is C23H34O4. The second kappa shape index (κ2) is 8.45. The summed E-state index contributed by atoms with van der Waals surface area (Å²) in [6.07, 6.45) is 7.34. The average molecular weight is 375 g/mol. The minimum Gasteiger partial charge on any atom is -0.456 e. The molecule has 0 saturated carbocycles. The third kappa shape index (κ3) is 6.67. The highest BCUT2D eigenvalue weighted by Crippen LogP contribution is 2.27. The first-order valence-corrected chi connectivity index (χ1v) is 10.1. The van der Waals surface area contributed by atoms with Crippen molar-refractivity contribution >= 4 is 11.9 Å². The summed E-state index contributed by atoms with van der Waals surface area (Å²) in [5.74, 6) is -0.898. The molecule has 0 spiro atoms. The summed E-state index contributed by atoms with van der Waals surface area (Å²) in [4.78, 5) is 25.9. The molecule has 0 unspecified atom stereocenters. The van der Waals surface area contributed by atoms with Gasteiger partial charge in [0.15, 0.2) is 0 Å². The van der Waals surface area contributed by atoms with Crippen LogP contribution in [-0.2, 0) is 22.3 Å². The van der Waals surface area contributed by atoms with Crippen LogP contribution in [0.3, 0.4) is 0 Å². The van der Waals surface area contributed by atoms with Gasteiger partial charge in [0.1, 0.15) is 11.2 Å². The standard InChI is InChI=1S/C23H34O4/c1-22(2,3)26-20(24)18-15-16-12-10-8-7-9-11-13-17(14-16)19(18)21(25)27-23(4,5)6/h14-15H,7-13H2,1-6H3. The van der Waals surface area contributed by atoms with Gasteiger partial charge in [0.05, 0.1) is 11.1 Å². The zero-order chi connectivity index (χ0) is 20.2. The van der Waals surface area contributed by atoms with Gasteiger partial charge in [0.2, 0.25) is 0 Å². The van der Waals surface area contributed by atoms with E-state index < -0.39 is 23.1 Å². The molecule has 0 atom stereocenters. The maximum atomic E-state index is 13.0. The molecule has 1 aliphatic rings. The number of rotatable bonds is 2. The van der Waals surface area contributed by atoms with E-state index in [-0.39, 0.29) is 0 Å². The van der Waals surface area contributed by atoms with E-state index >= 15 is 0 Å². The third-order valence-corrected chi connectivity index (χ3v) is 4.41. The first-order valence-electron chi connectivity index (χ1n) is 10.1. The van der Waals surface area contributed by atoms with Crippen molar-refractivity contribution in [2.24, 2.45) is 0 Å². The Balaban J connectivity index is 2.54. The van der Waals surface area contributed by atoms with Gasteiger partial charge < -0.3 is 9.47 Å². The lowest BCUT2D eigenvalue weighted by Crippen LogP contribution is -2.29. The molecular weight excluding hydrogens is 340 g/mol. The molecule has 2 rings (SSSR count). The predicted octanol–water partition coefficient (Wildman–Crippen LogP) is 5.65. The summed E-state index contributed by atoms with van der Waals surface area (Å²) in [5.41, 5.74) is 1.48. The molecule has 0 heterocycles. The van der Waals surface area contributed by atoms with E-state index in [0.717, 1.165) is 43.2 Å². The van der Waals surface area contributed by atoms with Crippen molar-refractivity contribution in [1.82, 2.24) is 0 Å². The first kappa shape index (κ1) is 21.5. The predicted molar refractivity (Wildman–Crippen MR) is 107 cm³/mol. The molecule has 1 aliphatic carbocycles. The Labute approximate surface area is 163 Å². The SMILES string of the molecule is CC(C)(C)OC(=O)c1cc2cc(c1C(=O)OC(C)(C)C)CCCCCCC2. The Morgan fingerprint density at radius 3 is 1.85 bits per heavy atom. The zero-order valence-corrected chi connectivity index (χ0v) is 17.7. The first-order chi connectivity index (χ1) is 12.5. The van der Waals surface area contributed by atoms with Gasteiger partial charge in [-0.05, 0) is 84.4 Å². The van der Waals surface area contributed by atoms with Crippen molar-refractivity contribution in [1.29, 1.82) is 0 Å². The Morgan fingerprint density at radius 2 is 1.26 bits per heavy atom. The molecule has 27 heavy (non-hydrogen) atoms. The molecule has 0 N–H and O–H groups in total. The Bertz CT molecular complexity index is 690. The van der Waals surface area contributed by atoms with Gasteiger partial charge in [-0.1, -0.05) is 25.3 Å². The van der Waals surface area contributed by atoms with Crippen LogP contribution >= 0.6 is 0 Å². The summed E-state index contributed by atoms with van der Waals surface area (Å²) < 4.78 is 11.2. The van der Waals surface area contributed by atoms with E-state index in [2.05, 4.69) is 6.07 Å². The van der Waals surface area contributed by atoms with E-state index in [0.29, 0.717) is 11.1 Å². The van der Waals surface area contributed by atoms with E-state index in [1.54, 1.807) is 0 Å². The van der Waals surface area contributed by atoms with Gasteiger partial charge in [0, 0.05) is 0 Å². The monoisotopic (exact) mass is 374 g/mol. The number of fused-ring (bicyclic) bond motifs is 2. The molecule has 4 nitrogen and oxygen atoms in total. The summed E-state index contributed by atoms with van der Waals surface area (Å²) in [5, 5.41) is 0. The van der Waals surface area contributed by atoms with Gasteiger partial charge in [-0.15, -0.1) is 0 Å². The highest BCUT2D eigenvalue weighted by Gasteiger charge is 2.29. The highest BCUT2D eigenvalue weighted by atomic mass is 16.6. The molecule has 1 aromatic rings. The van der Waals surface area contributed by atoms with Crippen LogP contribution in [0.4, 0.5) is 0 Å². The molecule has 0 fully saturated rings. The lowest BCUT2D eigenvalue weighted by atomic mass is 9.90. The normalized spacial score (nSPS) is 15.8. The van der Waals surface area contributed by atoms with E-state index in [1.807, 2.05) is 47.6 Å². The molecule has 0 radical (unpaired) electrons. The zero-order valence-electron chi connectivity index (χ0n) is 17.7. The molecule has 0 aromatic heterocycles. The Hall–Kier alpha value is -1.84. The van der Waals surface area contributed by atoms with Crippen molar-refractivity contribution in [3.8, 4) is 0 Å². The smallest absolute Gasteiger partial charge is 0.339 e. The minimum absolute atomic E-state index is 0.340. The van der Waals surface area contributed by atoms with Crippen molar-refractivity contribution < 1.29 is 19.1 Å². The highest BCUT2D eigenvalue weighted by molar-refractivity contribution is 6.04. The van der Waals surface area contributed by atoms with Crippen LogP contribution in [0.15, 0.2) is 12.1 Å². The number of benzene rings is 1. The van der Waals surface area contributed by atoms with Gasteiger partial charge in [-0.2, -0.15) is 0 Å². The van der Waals surface area contributed by atoms with Gasteiger partial charge in [-0.25, -0.2) is 9.59 Å². The Kier molecular flexibility index (Phi) is 6.72.